The van der Waals surface area contributed by atoms with Crippen molar-refractivity contribution >= 4 is 39.4 Å². The van der Waals surface area contributed by atoms with Gasteiger partial charge in [0.2, 0.25) is 5.91 Å². The van der Waals surface area contributed by atoms with Crippen molar-refractivity contribution in [3.8, 4) is 11.3 Å². The Hall–Kier alpha value is -2.97. The Bertz CT molecular complexity index is 1290. The van der Waals surface area contributed by atoms with E-state index < -0.39 is 0 Å². The summed E-state index contributed by atoms with van der Waals surface area (Å²) >= 11 is 2.46. The molecule has 2 aromatic heterocycles. The molecule has 33 heavy (non-hydrogen) atoms. The molecule has 0 bridgehead atoms. The van der Waals surface area contributed by atoms with Gasteiger partial charge in [-0.25, -0.2) is 4.98 Å². The fourth-order valence-electron chi connectivity index (χ4n) is 3.62. The molecular formula is C25H26N4O2S2. The largest absolute Gasteiger partial charge is 0.353 e. The first-order valence-corrected chi connectivity index (χ1v) is 12.7. The number of amides is 1. The minimum atomic E-state index is -0.110. The Labute approximate surface area is 201 Å². The molecule has 1 N–H and O–H groups in total. The van der Waals surface area contributed by atoms with Gasteiger partial charge in [-0.1, -0.05) is 72.4 Å². The first-order valence-electron chi connectivity index (χ1n) is 11.0. The number of nitrogens with one attached hydrogen (secondary N) is 1. The van der Waals surface area contributed by atoms with Crippen LogP contribution < -0.4 is 10.9 Å². The van der Waals surface area contributed by atoms with Crippen molar-refractivity contribution in [1.29, 1.82) is 0 Å². The van der Waals surface area contributed by atoms with Gasteiger partial charge in [-0.3, -0.25) is 14.2 Å². The second-order valence-corrected chi connectivity index (χ2v) is 9.52. The van der Waals surface area contributed by atoms with Crippen molar-refractivity contribution < 1.29 is 4.79 Å². The van der Waals surface area contributed by atoms with E-state index in [2.05, 4.69) is 21.8 Å². The Kier molecular flexibility index (Phi) is 7.57. The van der Waals surface area contributed by atoms with Crippen LogP contribution in [0.5, 0.6) is 0 Å². The topological polar surface area (TPSA) is 76.9 Å². The van der Waals surface area contributed by atoms with Crippen LogP contribution >= 0.6 is 23.3 Å². The van der Waals surface area contributed by atoms with Gasteiger partial charge in [-0.2, -0.15) is 4.37 Å². The third-order valence-corrected chi connectivity index (χ3v) is 7.16. The molecule has 0 aliphatic heterocycles. The summed E-state index contributed by atoms with van der Waals surface area (Å²) in [6, 6.07) is 20.0. The van der Waals surface area contributed by atoms with Crippen molar-refractivity contribution in [1.82, 2.24) is 19.2 Å². The standard InChI is InChI=1S/C25H26N4O2S2/c1-3-29-24(31)23-22(21(28-33-23)19-12-8-5-9-13-19)27-25(29)32-16-20(30)26-17(2)14-15-18-10-6-4-7-11-18/h4-13,17H,3,14-16H2,1-2H3,(H,26,30). The van der Waals surface area contributed by atoms with E-state index in [1.165, 1.54) is 28.9 Å². The van der Waals surface area contributed by atoms with E-state index in [0.717, 1.165) is 18.4 Å². The van der Waals surface area contributed by atoms with Crippen LogP contribution in [0, 0.1) is 0 Å². The second kappa shape index (κ2) is 10.8. The molecule has 170 valence electrons. The van der Waals surface area contributed by atoms with Crippen LogP contribution in [0.1, 0.15) is 25.8 Å². The Morgan fingerprint density at radius 1 is 1.12 bits per heavy atom. The van der Waals surface area contributed by atoms with Gasteiger partial charge in [-0.15, -0.1) is 0 Å². The summed E-state index contributed by atoms with van der Waals surface area (Å²) in [4.78, 5) is 30.4. The van der Waals surface area contributed by atoms with Crippen LogP contribution in [0.25, 0.3) is 21.5 Å². The number of benzene rings is 2. The zero-order valence-electron chi connectivity index (χ0n) is 18.7. The molecule has 1 amide bonds. The fraction of sp³-hybridized carbons (Fsp3) is 0.280. The van der Waals surface area contributed by atoms with Crippen molar-refractivity contribution in [3.63, 3.8) is 0 Å². The van der Waals surface area contributed by atoms with E-state index in [1.54, 1.807) is 4.57 Å². The predicted molar refractivity (Wildman–Crippen MR) is 136 cm³/mol. The van der Waals surface area contributed by atoms with E-state index in [4.69, 9.17) is 4.98 Å². The van der Waals surface area contributed by atoms with Gasteiger partial charge in [0.25, 0.3) is 5.56 Å². The van der Waals surface area contributed by atoms with E-state index in [9.17, 15) is 9.59 Å². The SMILES string of the molecule is CCn1c(SCC(=O)NC(C)CCc2ccccc2)nc2c(-c3ccccc3)nsc2c1=O. The van der Waals surface area contributed by atoms with Crippen LogP contribution in [0.15, 0.2) is 70.6 Å². The molecule has 0 radical (unpaired) electrons. The highest BCUT2D eigenvalue weighted by Gasteiger charge is 2.18. The molecule has 0 aliphatic rings. The summed E-state index contributed by atoms with van der Waals surface area (Å²) in [5, 5.41) is 3.60. The summed E-state index contributed by atoms with van der Waals surface area (Å²) in [7, 11) is 0. The number of hydrogen-bond acceptors (Lipinski definition) is 6. The summed E-state index contributed by atoms with van der Waals surface area (Å²) in [6.07, 6.45) is 1.78. The molecular weight excluding hydrogens is 452 g/mol. The van der Waals surface area contributed by atoms with Gasteiger partial charge in [0, 0.05) is 18.2 Å². The molecule has 0 saturated carbocycles. The van der Waals surface area contributed by atoms with Gasteiger partial charge in [0.15, 0.2) is 5.16 Å². The molecule has 8 heteroatoms. The zero-order chi connectivity index (χ0) is 23.2. The maximum Gasteiger partial charge on any atom is 0.273 e. The monoisotopic (exact) mass is 478 g/mol. The van der Waals surface area contributed by atoms with Crippen LogP contribution in [0.3, 0.4) is 0 Å². The average molecular weight is 479 g/mol. The van der Waals surface area contributed by atoms with Gasteiger partial charge in [-0.05, 0) is 43.8 Å². The van der Waals surface area contributed by atoms with E-state index in [0.29, 0.717) is 27.6 Å². The highest BCUT2D eigenvalue weighted by molar-refractivity contribution is 7.99. The molecule has 6 nitrogen and oxygen atoms in total. The van der Waals surface area contributed by atoms with Crippen LogP contribution in [-0.2, 0) is 17.8 Å². The molecule has 0 aliphatic carbocycles. The summed E-state index contributed by atoms with van der Waals surface area (Å²) in [6.45, 7) is 4.41. The first-order chi connectivity index (χ1) is 16.1. The summed E-state index contributed by atoms with van der Waals surface area (Å²) in [5.74, 6) is 0.135. The van der Waals surface area contributed by atoms with Gasteiger partial charge in [0.05, 0.1) is 5.75 Å². The van der Waals surface area contributed by atoms with Crippen molar-refractivity contribution in [3.05, 3.63) is 76.6 Å². The van der Waals surface area contributed by atoms with Gasteiger partial charge < -0.3 is 5.32 Å². The average Bonchev–Trinajstić information content (AvgIpc) is 3.27. The fourth-order valence-corrected chi connectivity index (χ4v) is 5.27. The molecule has 0 spiro atoms. The lowest BCUT2D eigenvalue weighted by Crippen LogP contribution is -2.34. The van der Waals surface area contributed by atoms with Gasteiger partial charge in [0.1, 0.15) is 15.9 Å². The number of hydrogen-bond donors (Lipinski definition) is 1. The third kappa shape index (κ3) is 5.51. The summed E-state index contributed by atoms with van der Waals surface area (Å²) < 4.78 is 6.66. The molecule has 2 heterocycles. The first kappa shape index (κ1) is 23.2. The number of rotatable bonds is 9. The lowest BCUT2D eigenvalue weighted by molar-refractivity contribution is -0.119. The van der Waals surface area contributed by atoms with Crippen molar-refractivity contribution in [2.75, 3.05) is 5.75 Å². The number of carbonyl (C=O) groups is 1. The van der Waals surface area contributed by atoms with E-state index >= 15 is 0 Å². The maximum atomic E-state index is 13.0. The lowest BCUT2D eigenvalue weighted by Gasteiger charge is -2.14. The molecule has 0 saturated heterocycles. The van der Waals surface area contributed by atoms with Gasteiger partial charge >= 0.3 is 0 Å². The predicted octanol–water partition coefficient (Wildman–Crippen LogP) is 4.77. The van der Waals surface area contributed by atoms with E-state index in [1.807, 2.05) is 62.4 Å². The second-order valence-electron chi connectivity index (χ2n) is 7.80. The van der Waals surface area contributed by atoms with Crippen molar-refractivity contribution in [2.45, 2.75) is 44.4 Å². The third-order valence-electron chi connectivity index (χ3n) is 5.36. The summed E-state index contributed by atoms with van der Waals surface area (Å²) in [5.41, 5.74) is 3.38. The van der Waals surface area contributed by atoms with Crippen LogP contribution in [0.4, 0.5) is 0 Å². The lowest BCUT2D eigenvalue weighted by atomic mass is 10.1. The smallest absolute Gasteiger partial charge is 0.273 e. The maximum absolute atomic E-state index is 13.0. The number of thioether (sulfide) groups is 1. The Morgan fingerprint density at radius 2 is 1.82 bits per heavy atom. The number of fused-ring (bicyclic) bond motifs is 1. The number of nitrogens with zero attached hydrogens (tertiary/aromatic N) is 3. The molecule has 4 aromatic rings. The molecule has 2 aromatic carbocycles. The number of aromatic nitrogens is 3. The minimum Gasteiger partial charge on any atom is -0.353 e. The molecule has 0 fully saturated rings. The molecule has 1 atom stereocenters. The molecule has 4 rings (SSSR count). The number of carbonyl (C=O) groups excluding carboxylic acids is 1. The Morgan fingerprint density at radius 3 is 2.52 bits per heavy atom. The highest BCUT2D eigenvalue weighted by atomic mass is 32.2. The Balaban J connectivity index is 1.46. The number of aryl methyl sites for hydroxylation is 1. The highest BCUT2D eigenvalue weighted by Crippen LogP contribution is 2.29. The quantitative estimate of drug-likeness (QED) is 0.277. The normalized spacial score (nSPS) is 12.1. The molecule has 1 unspecified atom stereocenters. The minimum absolute atomic E-state index is 0.0628. The zero-order valence-corrected chi connectivity index (χ0v) is 20.3. The van der Waals surface area contributed by atoms with Crippen molar-refractivity contribution in [2.24, 2.45) is 0 Å². The van der Waals surface area contributed by atoms with E-state index in [-0.39, 0.29) is 23.3 Å². The van der Waals surface area contributed by atoms with Crippen LogP contribution in [0.2, 0.25) is 0 Å². The van der Waals surface area contributed by atoms with Crippen LogP contribution in [-0.4, -0.2) is 31.6 Å².